The molecule has 0 amide bonds. The lowest BCUT2D eigenvalue weighted by Crippen LogP contribution is -2.36. The summed E-state index contributed by atoms with van der Waals surface area (Å²) in [6.45, 7) is 8.03. The third kappa shape index (κ3) is 3.67. The van der Waals surface area contributed by atoms with E-state index in [1.54, 1.807) is 6.07 Å². The second-order valence-electron chi connectivity index (χ2n) is 4.99. The van der Waals surface area contributed by atoms with Crippen molar-refractivity contribution >= 4 is 5.69 Å². The van der Waals surface area contributed by atoms with Gasteiger partial charge in [-0.25, -0.2) is 4.39 Å². The number of morpholine rings is 1. The van der Waals surface area contributed by atoms with E-state index in [1.807, 2.05) is 17.0 Å². The molecule has 0 bridgehead atoms. The Morgan fingerprint density at radius 1 is 1.37 bits per heavy atom. The zero-order valence-electron chi connectivity index (χ0n) is 11.8. The van der Waals surface area contributed by atoms with Crippen LogP contribution in [0.15, 0.2) is 18.2 Å². The molecule has 1 saturated heterocycles. The quantitative estimate of drug-likeness (QED) is 0.887. The molecule has 0 unspecified atom stereocenters. The zero-order valence-corrected chi connectivity index (χ0v) is 11.8. The van der Waals surface area contributed by atoms with Gasteiger partial charge >= 0.3 is 0 Å². The van der Waals surface area contributed by atoms with Crippen molar-refractivity contribution in [2.24, 2.45) is 0 Å². The molecule has 1 aromatic rings. The topological polar surface area (TPSA) is 24.5 Å². The molecule has 2 rings (SSSR count). The van der Waals surface area contributed by atoms with Crippen LogP contribution in [0.25, 0.3) is 0 Å². The van der Waals surface area contributed by atoms with Crippen molar-refractivity contribution in [2.45, 2.75) is 26.3 Å². The van der Waals surface area contributed by atoms with E-state index in [-0.39, 0.29) is 11.9 Å². The molecular weight excluding hydrogens is 243 g/mol. The molecule has 1 fully saturated rings. The van der Waals surface area contributed by atoms with Crippen LogP contribution in [0.3, 0.4) is 0 Å². The summed E-state index contributed by atoms with van der Waals surface area (Å²) in [5.74, 6) is -0.135. The number of benzene rings is 1. The summed E-state index contributed by atoms with van der Waals surface area (Å²) in [5.41, 5.74) is 1.69. The molecule has 0 spiro atoms. The Morgan fingerprint density at radius 2 is 2.11 bits per heavy atom. The highest BCUT2D eigenvalue weighted by Crippen LogP contribution is 2.24. The fourth-order valence-corrected chi connectivity index (χ4v) is 2.33. The van der Waals surface area contributed by atoms with Crippen LogP contribution in [0.2, 0.25) is 0 Å². The predicted octanol–water partition coefficient (Wildman–Crippen LogP) is 2.72. The van der Waals surface area contributed by atoms with E-state index in [0.29, 0.717) is 18.9 Å². The second-order valence-corrected chi connectivity index (χ2v) is 4.99. The molecule has 0 aliphatic carbocycles. The zero-order chi connectivity index (χ0) is 13.7. The Labute approximate surface area is 114 Å². The first kappa shape index (κ1) is 14.3. The Bertz CT molecular complexity index is 405. The van der Waals surface area contributed by atoms with Gasteiger partial charge in [-0.15, -0.1) is 0 Å². The molecule has 1 aliphatic heterocycles. The summed E-state index contributed by atoms with van der Waals surface area (Å²) in [5, 5.41) is 3.37. The largest absolute Gasteiger partial charge is 0.378 e. The minimum Gasteiger partial charge on any atom is -0.378 e. The molecule has 19 heavy (non-hydrogen) atoms. The number of hydrogen-bond donors (Lipinski definition) is 1. The minimum atomic E-state index is -0.135. The van der Waals surface area contributed by atoms with E-state index >= 15 is 0 Å². The second kappa shape index (κ2) is 6.87. The molecule has 106 valence electrons. The van der Waals surface area contributed by atoms with Gasteiger partial charge in [-0.2, -0.15) is 0 Å². The number of nitrogens with one attached hydrogen (secondary N) is 1. The van der Waals surface area contributed by atoms with Gasteiger partial charge in [-0.3, -0.25) is 0 Å². The van der Waals surface area contributed by atoms with Gasteiger partial charge < -0.3 is 15.0 Å². The lowest BCUT2D eigenvalue weighted by Gasteiger charge is -2.29. The molecule has 0 aromatic heterocycles. The van der Waals surface area contributed by atoms with Crippen molar-refractivity contribution in [3.05, 3.63) is 29.6 Å². The Kier molecular flexibility index (Phi) is 5.16. The van der Waals surface area contributed by atoms with Crippen molar-refractivity contribution in [3.8, 4) is 0 Å². The number of anilines is 1. The average molecular weight is 266 g/mol. The van der Waals surface area contributed by atoms with Crippen LogP contribution in [0.1, 0.15) is 31.9 Å². The number of rotatable bonds is 5. The van der Waals surface area contributed by atoms with Crippen LogP contribution < -0.4 is 10.2 Å². The molecule has 0 radical (unpaired) electrons. The molecule has 1 aliphatic rings. The van der Waals surface area contributed by atoms with E-state index in [4.69, 9.17) is 4.74 Å². The summed E-state index contributed by atoms with van der Waals surface area (Å²) in [4.78, 5) is 2.05. The number of halogens is 1. The van der Waals surface area contributed by atoms with Crippen LogP contribution in [0.5, 0.6) is 0 Å². The van der Waals surface area contributed by atoms with Crippen LogP contribution in [0, 0.1) is 5.82 Å². The third-order valence-electron chi connectivity index (χ3n) is 3.52. The van der Waals surface area contributed by atoms with Crippen LogP contribution >= 0.6 is 0 Å². The summed E-state index contributed by atoms with van der Waals surface area (Å²) in [7, 11) is 0. The van der Waals surface area contributed by atoms with Crippen molar-refractivity contribution in [2.75, 3.05) is 37.7 Å². The average Bonchev–Trinajstić information content (AvgIpc) is 2.45. The first-order chi connectivity index (χ1) is 9.22. The molecule has 1 heterocycles. The van der Waals surface area contributed by atoms with Gasteiger partial charge in [0.1, 0.15) is 5.82 Å². The van der Waals surface area contributed by atoms with E-state index in [9.17, 15) is 4.39 Å². The standard InChI is InChI=1S/C15H23FN2O/c1-3-6-17-12(2)13-4-5-15(14(16)11-13)18-7-9-19-10-8-18/h4-5,11-12,17H,3,6-10H2,1-2H3/t12-/m0/s1. The molecule has 1 N–H and O–H groups in total. The summed E-state index contributed by atoms with van der Waals surface area (Å²) >= 11 is 0. The first-order valence-electron chi connectivity index (χ1n) is 7.08. The summed E-state index contributed by atoms with van der Waals surface area (Å²) < 4.78 is 19.5. The van der Waals surface area contributed by atoms with E-state index in [1.165, 1.54) is 0 Å². The fourth-order valence-electron chi connectivity index (χ4n) is 2.33. The summed E-state index contributed by atoms with van der Waals surface area (Å²) in [6, 6.07) is 5.74. The minimum absolute atomic E-state index is 0.135. The molecule has 1 aromatic carbocycles. The van der Waals surface area contributed by atoms with Crippen molar-refractivity contribution in [1.29, 1.82) is 0 Å². The maximum absolute atomic E-state index is 14.2. The van der Waals surface area contributed by atoms with Gasteiger partial charge in [0.05, 0.1) is 18.9 Å². The van der Waals surface area contributed by atoms with Crippen LogP contribution in [-0.2, 0) is 4.74 Å². The highest BCUT2D eigenvalue weighted by molar-refractivity contribution is 5.49. The SMILES string of the molecule is CCCN[C@@H](C)c1ccc(N2CCOCC2)c(F)c1. The van der Waals surface area contributed by atoms with Crippen LogP contribution in [0.4, 0.5) is 10.1 Å². The maximum Gasteiger partial charge on any atom is 0.146 e. The number of ether oxygens (including phenoxy) is 1. The first-order valence-corrected chi connectivity index (χ1v) is 7.08. The molecule has 0 saturated carbocycles. The van der Waals surface area contributed by atoms with Crippen LogP contribution in [-0.4, -0.2) is 32.8 Å². The normalized spacial score (nSPS) is 17.5. The van der Waals surface area contributed by atoms with Gasteiger partial charge in [-0.05, 0) is 37.6 Å². The predicted molar refractivity (Wildman–Crippen MR) is 76.1 cm³/mol. The Balaban J connectivity index is 2.07. The Morgan fingerprint density at radius 3 is 2.74 bits per heavy atom. The smallest absolute Gasteiger partial charge is 0.146 e. The van der Waals surface area contributed by atoms with E-state index in [0.717, 1.165) is 31.6 Å². The molecule has 1 atom stereocenters. The number of nitrogens with zero attached hydrogens (tertiary/aromatic N) is 1. The van der Waals surface area contributed by atoms with Gasteiger partial charge in [0, 0.05) is 19.1 Å². The Hall–Kier alpha value is -1.13. The van der Waals surface area contributed by atoms with Gasteiger partial charge in [0.25, 0.3) is 0 Å². The maximum atomic E-state index is 14.2. The summed E-state index contributed by atoms with van der Waals surface area (Å²) in [6.07, 6.45) is 1.08. The number of hydrogen-bond acceptors (Lipinski definition) is 3. The van der Waals surface area contributed by atoms with Crippen molar-refractivity contribution in [3.63, 3.8) is 0 Å². The van der Waals surface area contributed by atoms with E-state index in [2.05, 4.69) is 19.2 Å². The van der Waals surface area contributed by atoms with Crippen molar-refractivity contribution < 1.29 is 9.13 Å². The molecule has 3 nitrogen and oxygen atoms in total. The van der Waals surface area contributed by atoms with Gasteiger partial charge in [0.15, 0.2) is 0 Å². The monoisotopic (exact) mass is 266 g/mol. The van der Waals surface area contributed by atoms with E-state index < -0.39 is 0 Å². The molecular formula is C15H23FN2O. The van der Waals surface area contributed by atoms with Crippen molar-refractivity contribution in [1.82, 2.24) is 5.32 Å². The lowest BCUT2D eigenvalue weighted by molar-refractivity contribution is 0.122. The van der Waals surface area contributed by atoms with Gasteiger partial charge in [-0.1, -0.05) is 13.0 Å². The fraction of sp³-hybridized carbons (Fsp3) is 0.600. The lowest BCUT2D eigenvalue weighted by atomic mass is 10.1. The van der Waals surface area contributed by atoms with Gasteiger partial charge in [0.2, 0.25) is 0 Å². The third-order valence-corrected chi connectivity index (χ3v) is 3.52. The highest BCUT2D eigenvalue weighted by Gasteiger charge is 2.16. The highest BCUT2D eigenvalue weighted by atomic mass is 19.1. The molecule has 4 heteroatoms.